The van der Waals surface area contributed by atoms with E-state index in [9.17, 15) is 4.79 Å². The van der Waals surface area contributed by atoms with E-state index in [1.54, 1.807) is 28.0 Å². The van der Waals surface area contributed by atoms with Crippen molar-refractivity contribution < 1.29 is 0 Å². The average Bonchev–Trinajstić information content (AvgIpc) is 3.00. The van der Waals surface area contributed by atoms with Crippen LogP contribution in [0.2, 0.25) is 5.02 Å². The summed E-state index contributed by atoms with van der Waals surface area (Å²) < 4.78 is 1.68. The van der Waals surface area contributed by atoms with Crippen LogP contribution in [0.25, 0.3) is 15.9 Å². The number of fused-ring (bicyclic) bond motifs is 3. The molecule has 0 unspecified atom stereocenters. The van der Waals surface area contributed by atoms with E-state index in [1.165, 1.54) is 4.88 Å². The molecule has 28 heavy (non-hydrogen) atoms. The van der Waals surface area contributed by atoms with Gasteiger partial charge in [0, 0.05) is 36.1 Å². The predicted molar refractivity (Wildman–Crippen MR) is 117 cm³/mol. The van der Waals surface area contributed by atoms with Crippen LogP contribution < -0.4 is 10.9 Å². The molecule has 3 aromatic rings. The summed E-state index contributed by atoms with van der Waals surface area (Å²) in [5.74, 6) is 0.577. The van der Waals surface area contributed by atoms with E-state index in [-0.39, 0.29) is 5.56 Å². The quantitative estimate of drug-likeness (QED) is 0.691. The first-order valence-electron chi connectivity index (χ1n) is 9.34. The number of thiophene rings is 1. The van der Waals surface area contributed by atoms with E-state index in [0.717, 1.165) is 47.5 Å². The summed E-state index contributed by atoms with van der Waals surface area (Å²) >= 11 is 7.70. The van der Waals surface area contributed by atoms with Crippen LogP contribution in [-0.4, -0.2) is 60.1 Å². The lowest BCUT2D eigenvalue weighted by Crippen LogP contribution is -2.28. The Bertz CT molecular complexity index is 1060. The second-order valence-corrected chi connectivity index (χ2v) is 8.97. The van der Waals surface area contributed by atoms with Crippen LogP contribution in [-0.2, 0) is 13.0 Å². The Morgan fingerprint density at radius 2 is 2.04 bits per heavy atom. The second kappa shape index (κ2) is 7.83. The maximum Gasteiger partial charge on any atom is 0.268 e. The van der Waals surface area contributed by atoms with Crippen LogP contribution in [0.1, 0.15) is 10.4 Å². The normalized spacial score (nSPS) is 14.6. The van der Waals surface area contributed by atoms with Crippen molar-refractivity contribution in [2.75, 3.05) is 46.1 Å². The zero-order valence-electron chi connectivity index (χ0n) is 16.3. The average molecular weight is 418 g/mol. The first kappa shape index (κ1) is 19.4. The van der Waals surface area contributed by atoms with Gasteiger partial charge in [0.2, 0.25) is 5.95 Å². The van der Waals surface area contributed by atoms with Gasteiger partial charge < -0.3 is 15.1 Å². The van der Waals surface area contributed by atoms with Gasteiger partial charge in [-0.3, -0.25) is 4.79 Å². The molecule has 0 amide bonds. The number of aromatic nitrogens is 2. The molecule has 0 saturated carbocycles. The highest BCUT2D eigenvalue weighted by molar-refractivity contribution is 7.18. The van der Waals surface area contributed by atoms with Crippen molar-refractivity contribution in [3.8, 4) is 5.69 Å². The molecule has 0 aliphatic carbocycles. The first-order chi connectivity index (χ1) is 13.4. The standard InChI is InChI=1S/C20H24ClN5OS/c1-24(2)11-9-22-20-23-18-17(15-8-10-25(3)12-16(15)28-18)19(27)26(20)14-6-4-13(21)5-7-14/h4-7H,8-12H2,1-3H3,(H,22,23). The van der Waals surface area contributed by atoms with Crippen molar-refractivity contribution in [1.29, 1.82) is 0 Å². The van der Waals surface area contributed by atoms with Crippen LogP contribution in [0.5, 0.6) is 0 Å². The van der Waals surface area contributed by atoms with Gasteiger partial charge in [0.05, 0.1) is 11.1 Å². The van der Waals surface area contributed by atoms with Gasteiger partial charge in [-0.2, -0.15) is 0 Å². The molecule has 0 radical (unpaired) electrons. The molecular weight excluding hydrogens is 394 g/mol. The summed E-state index contributed by atoms with van der Waals surface area (Å²) in [6, 6.07) is 7.33. The zero-order chi connectivity index (χ0) is 19.8. The van der Waals surface area contributed by atoms with E-state index in [2.05, 4.69) is 22.2 Å². The lowest BCUT2D eigenvalue weighted by atomic mass is 10.1. The van der Waals surface area contributed by atoms with E-state index in [0.29, 0.717) is 17.5 Å². The fourth-order valence-electron chi connectivity index (χ4n) is 3.51. The molecule has 0 spiro atoms. The molecule has 1 aliphatic heterocycles. The molecule has 0 bridgehead atoms. The molecule has 1 aromatic carbocycles. The lowest BCUT2D eigenvalue weighted by Gasteiger charge is -2.22. The predicted octanol–water partition coefficient (Wildman–Crippen LogP) is 3.06. The highest BCUT2D eigenvalue weighted by Gasteiger charge is 2.24. The number of rotatable bonds is 5. The Kier molecular flexibility index (Phi) is 5.42. The van der Waals surface area contributed by atoms with Gasteiger partial charge in [0.1, 0.15) is 4.83 Å². The van der Waals surface area contributed by atoms with E-state index >= 15 is 0 Å². The largest absolute Gasteiger partial charge is 0.354 e. The van der Waals surface area contributed by atoms with Crippen molar-refractivity contribution >= 4 is 39.1 Å². The molecule has 4 rings (SSSR count). The van der Waals surface area contributed by atoms with Gasteiger partial charge in [-0.1, -0.05) is 11.6 Å². The van der Waals surface area contributed by atoms with Gasteiger partial charge in [-0.15, -0.1) is 11.3 Å². The maximum atomic E-state index is 13.6. The monoisotopic (exact) mass is 417 g/mol. The molecule has 6 nitrogen and oxygen atoms in total. The van der Waals surface area contributed by atoms with Gasteiger partial charge in [0.15, 0.2) is 0 Å². The number of halogens is 1. The Morgan fingerprint density at radius 3 is 2.75 bits per heavy atom. The number of hydrogen-bond donors (Lipinski definition) is 1. The van der Waals surface area contributed by atoms with Crippen molar-refractivity contribution in [2.45, 2.75) is 13.0 Å². The summed E-state index contributed by atoms with van der Waals surface area (Å²) in [4.78, 5) is 24.9. The summed E-state index contributed by atoms with van der Waals surface area (Å²) in [5, 5.41) is 4.76. The molecule has 0 saturated heterocycles. The Labute approximate surface area is 173 Å². The highest BCUT2D eigenvalue weighted by Crippen LogP contribution is 2.33. The van der Waals surface area contributed by atoms with Crippen LogP contribution in [0, 0.1) is 0 Å². The molecular formula is C20H24ClN5OS. The number of likely N-dealkylation sites (N-methyl/N-ethyl adjacent to an activating group) is 2. The van der Waals surface area contributed by atoms with Crippen LogP contribution in [0.4, 0.5) is 5.95 Å². The van der Waals surface area contributed by atoms with Crippen molar-refractivity contribution in [1.82, 2.24) is 19.4 Å². The highest BCUT2D eigenvalue weighted by atomic mass is 35.5. The topological polar surface area (TPSA) is 53.4 Å². The van der Waals surface area contributed by atoms with Crippen molar-refractivity contribution in [2.24, 2.45) is 0 Å². The van der Waals surface area contributed by atoms with Crippen LogP contribution in [0.15, 0.2) is 29.1 Å². The second-order valence-electron chi connectivity index (χ2n) is 7.45. The maximum absolute atomic E-state index is 13.6. The van der Waals surface area contributed by atoms with Gasteiger partial charge in [-0.25, -0.2) is 9.55 Å². The van der Waals surface area contributed by atoms with Crippen molar-refractivity contribution in [3.05, 3.63) is 50.1 Å². The number of anilines is 1. The minimum absolute atomic E-state index is 0.0123. The van der Waals surface area contributed by atoms with Crippen molar-refractivity contribution in [3.63, 3.8) is 0 Å². The van der Waals surface area contributed by atoms with Gasteiger partial charge in [0.25, 0.3) is 5.56 Å². The third kappa shape index (κ3) is 3.67. The number of nitrogens with one attached hydrogen (secondary N) is 1. The molecule has 0 atom stereocenters. The fourth-order valence-corrected chi connectivity index (χ4v) is 4.93. The van der Waals surface area contributed by atoms with Crippen LogP contribution >= 0.6 is 22.9 Å². The Hall–Kier alpha value is -1.93. The Balaban J connectivity index is 1.88. The summed E-state index contributed by atoms with van der Waals surface area (Å²) in [7, 11) is 6.16. The molecule has 3 heterocycles. The summed E-state index contributed by atoms with van der Waals surface area (Å²) in [6.45, 7) is 3.38. The fraction of sp³-hybridized carbons (Fsp3) is 0.400. The molecule has 8 heteroatoms. The molecule has 1 aliphatic rings. The first-order valence-corrected chi connectivity index (χ1v) is 10.5. The SMILES string of the molecule is CN(C)CCNc1nc2sc3c(c2c(=O)n1-c1ccc(Cl)cc1)CCN(C)C3. The molecule has 2 aromatic heterocycles. The van der Waals surface area contributed by atoms with Gasteiger partial charge in [-0.05, 0) is 57.4 Å². The van der Waals surface area contributed by atoms with Gasteiger partial charge >= 0.3 is 0 Å². The molecule has 1 N–H and O–H groups in total. The third-order valence-corrected chi connectivity index (χ3v) is 6.35. The third-order valence-electron chi connectivity index (χ3n) is 4.99. The van der Waals surface area contributed by atoms with E-state index in [1.807, 2.05) is 26.2 Å². The smallest absolute Gasteiger partial charge is 0.268 e. The number of benzene rings is 1. The number of hydrogen-bond acceptors (Lipinski definition) is 6. The zero-order valence-corrected chi connectivity index (χ0v) is 17.9. The molecule has 0 fully saturated rings. The van der Waals surface area contributed by atoms with Crippen LogP contribution in [0.3, 0.4) is 0 Å². The number of nitrogens with zero attached hydrogens (tertiary/aromatic N) is 4. The lowest BCUT2D eigenvalue weighted by molar-refractivity contribution is 0.318. The minimum atomic E-state index is -0.0123. The van der Waals surface area contributed by atoms with E-state index in [4.69, 9.17) is 16.6 Å². The van der Waals surface area contributed by atoms with E-state index < -0.39 is 0 Å². The summed E-state index contributed by atoms with van der Waals surface area (Å²) in [6.07, 6.45) is 0.886. The minimum Gasteiger partial charge on any atom is -0.354 e. The Morgan fingerprint density at radius 1 is 1.29 bits per heavy atom. The molecule has 148 valence electrons. The summed E-state index contributed by atoms with van der Waals surface area (Å²) in [5.41, 5.74) is 1.92.